The third kappa shape index (κ3) is 3.67. The molecule has 27 heavy (non-hydrogen) atoms. The average molecular weight is 376 g/mol. The van der Waals surface area contributed by atoms with E-state index in [9.17, 15) is 4.55 Å². The van der Waals surface area contributed by atoms with Gasteiger partial charge in [0.15, 0.2) is 0 Å². The summed E-state index contributed by atoms with van der Waals surface area (Å²) in [6.07, 6.45) is 1.82. The first-order valence-electron chi connectivity index (χ1n) is 8.69. The molecule has 1 aromatic heterocycles. The van der Waals surface area contributed by atoms with Gasteiger partial charge in [-0.3, -0.25) is 0 Å². The van der Waals surface area contributed by atoms with E-state index in [2.05, 4.69) is 10.3 Å². The summed E-state index contributed by atoms with van der Waals surface area (Å²) in [4.78, 5) is 11.4. The van der Waals surface area contributed by atoms with E-state index in [0.29, 0.717) is 11.7 Å². The predicted octanol–water partition coefficient (Wildman–Crippen LogP) is 4.53. The average Bonchev–Trinajstić information content (AvgIpc) is 2.69. The van der Waals surface area contributed by atoms with Gasteiger partial charge in [-0.25, -0.2) is 4.98 Å². The Morgan fingerprint density at radius 2 is 1.78 bits per heavy atom. The number of aromatic nitrogens is 2. The maximum absolute atomic E-state index is 12.1. The maximum Gasteiger partial charge on any atom is 0.229 e. The van der Waals surface area contributed by atoms with Gasteiger partial charge >= 0.3 is 0 Å². The van der Waals surface area contributed by atoms with Gasteiger partial charge in [-0.05, 0) is 41.9 Å². The number of aryl methyl sites for hydroxylation is 1. The molecule has 0 spiro atoms. The van der Waals surface area contributed by atoms with Crippen LogP contribution in [-0.4, -0.2) is 21.6 Å². The molecule has 1 unspecified atom stereocenters. The van der Waals surface area contributed by atoms with Crippen LogP contribution in [-0.2, 0) is 16.9 Å². The lowest BCUT2D eigenvalue weighted by Crippen LogP contribution is -2.19. The molecule has 1 aliphatic heterocycles. The van der Waals surface area contributed by atoms with Gasteiger partial charge < -0.3 is 14.8 Å². The van der Waals surface area contributed by atoms with Gasteiger partial charge in [0.05, 0.1) is 11.3 Å². The number of anilines is 4. The van der Waals surface area contributed by atoms with E-state index < -0.39 is 11.2 Å². The van der Waals surface area contributed by atoms with Crippen molar-refractivity contribution in [3.63, 3.8) is 0 Å². The summed E-state index contributed by atoms with van der Waals surface area (Å²) >= 11 is -1.04. The van der Waals surface area contributed by atoms with E-state index in [1.807, 2.05) is 79.5 Å². The fourth-order valence-electron chi connectivity index (χ4n) is 3.04. The first-order chi connectivity index (χ1) is 13.1. The standard InChI is InChI=1S/C21H20N4OS/c1-15-8-6-7-11-18(15)22-21-23-19-12-13-27(26)14-17(19)20(24-21)25(2)16-9-4-3-5-10-16/h3-13H,14H2,1-2H3,(H,22,23,24). The number of benzene rings is 2. The Kier molecular flexibility index (Phi) is 4.83. The fraction of sp³-hybridized carbons (Fsp3) is 0.143. The van der Waals surface area contributed by atoms with Gasteiger partial charge in [-0.1, -0.05) is 36.4 Å². The lowest BCUT2D eigenvalue weighted by atomic mass is 10.2. The first-order valence-corrected chi connectivity index (χ1v) is 10.1. The highest BCUT2D eigenvalue weighted by molar-refractivity contribution is 7.93. The van der Waals surface area contributed by atoms with Crippen LogP contribution in [0.2, 0.25) is 0 Å². The zero-order valence-corrected chi connectivity index (χ0v) is 16.0. The summed E-state index contributed by atoms with van der Waals surface area (Å²) in [5.74, 6) is 1.71. The molecule has 0 amide bonds. The van der Waals surface area contributed by atoms with Gasteiger partial charge in [-0.15, -0.1) is 0 Å². The second-order valence-corrected chi connectivity index (χ2v) is 7.72. The summed E-state index contributed by atoms with van der Waals surface area (Å²) in [5.41, 5.74) is 4.80. The van der Waals surface area contributed by atoms with Crippen LogP contribution in [0.15, 0.2) is 60.0 Å². The molecule has 136 valence electrons. The van der Waals surface area contributed by atoms with Crippen LogP contribution >= 0.6 is 0 Å². The second-order valence-electron chi connectivity index (χ2n) is 6.40. The molecule has 0 saturated heterocycles. The summed E-state index contributed by atoms with van der Waals surface area (Å²) < 4.78 is 12.1. The van der Waals surface area contributed by atoms with Crippen molar-refractivity contribution in [2.45, 2.75) is 12.7 Å². The van der Waals surface area contributed by atoms with Crippen LogP contribution in [0.25, 0.3) is 6.08 Å². The summed E-state index contributed by atoms with van der Waals surface area (Å²) in [6, 6.07) is 18.0. The molecule has 5 nitrogen and oxygen atoms in total. The molecular weight excluding hydrogens is 356 g/mol. The van der Waals surface area contributed by atoms with Gasteiger partial charge in [0.2, 0.25) is 5.95 Å². The Labute approximate surface area is 162 Å². The minimum Gasteiger partial charge on any atom is -0.612 e. The molecule has 1 aliphatic rings. The molecule has 0 radical (unpaired) electrons. The molecule has 0 aliphatic carbocycles. The number of nitrogens with one attached hydrogen (secondary N) is 1. The summed E-state index contributed by atoms with van der Waals surface area (Å²) in [5, 5.41) is 5.02. The Balaban J connectivity index is 1.79. The maximum atomic E-state index is 12.1. The van der Waals surface area contributed by atoms with Crippen LogP contribution in [0, 0.1) is 6.92 Å². The first kappa shape index (κ1) is 17.6. The number of rotatable bonds is 4. The van der Waals surface area contributed by atoms with Crippen LogP contribution < -0.4 is 10.2 Å². The highest BCUT2D eigenvalue weighted by atomic mass is 32.2. The topological polar surface area (TPSA) is 64.1 Å². The second kappa shape index (κ2) is 7.42. The molecule has 0 saturated carbocycles. The number of fused-ring (bicyclic) bond motifs is 1. The third-order valence-corrected chi connectivity index (χ3v) is 5.55. The fourth-order valence-corrected chi connectivity index (χ4v) is 3.98. The van der Waals surface area contributed by atoms with Crippen molar-refractivity contribution >= 4 is 40.4 Å². The van der Waals surface area contributed by atoms with Gasteiger partial charge in [0.25, 0.3) is 0 Å². The summed E-state index contributed by atoms with van der Waals surface area (Å²) in [7, 11) is 1.97. The molecule has 2 heterocycles. The molecule has 2 aromatic carbocycles. The predicted molar refractivity (Wildman–Crippen MR) is 112 cm³/mol. The van der Waals surface area contributed by atoms with E-state index in [4.69, 9.17) is 4.98 Å². The Hall–Kier alpha value is -2.83. The smallest absolute Gasteiger partial charge is 0.229 e. The lowest BCUT2D eigenvalue weighted by molar-refractivity contribution is 0.602. The quantitative estimate of drug-likeness (QED) is 0.678. The monoisotopic (exact) mass is 376 g/mol. The minimum atomic E-state index is -1.04. The summed E-state index contributed by atoms with van der Waals surface area (Å²) in [6.45, 7) is 2.04. The highest BCUT2D eigenvalue weighted by Crippen LogP contribution is 2.33. The molecule has 6 heteroatoms. The van der Waals surface area contributed by atoms with E-state index in [1.165, 1.54) is 0 Å². The van der Waals surface area contributed by atoms with Crippen molar-refractivity contribution in [3.8, 4) is 0 Å². The number of hydrogen-bond donors (Lipinski definition) is 1. The van der Waals surface area contributed by atoms with Crippen molar-refractivity contribution in [3.05, 3.63) is 76.8 Å². The van der Waals surface area contributed by atoms with Crippen molar-refractivity contribution in [1.82, 2.24) is 9.97 Å². The van der Waals surface area contributed by atoms with Gasteiger partial charge in [0, 0.05) is 24.5 Å². The Bertz CT molecular complexity index is 991. The largest absolute Gasteiger partial charge is 0.612 e. The lowest BCUT2D eigenvalue weighted by Gasteiger charge is -2.24. The zero-order chi connectivity index (χ0) is 18.8. The van der Waals surface area contributed by atoms with Crippen LogP contribution in [0.4, 0.5) is 23.1 Å². The van der Waals surface area contributed by atoms with Crippen molar-refractivity contribution < 1.29 is 4.55 Å². The minimum absolute atomic E-state index is 0.420. The molecule has 1 atom stereocenters. The van der Waals surface area contributed by atoms with Crippen LogP contribution in [0.3, 0.4) is 0 Å². The molecule has 3 aromatic rings. The molecule has 0 bridgehead atoms. The molecular formula is C21H20N4OS. The van der Waals surface area contributed by atoms with Crippen molar-refractivity contribution in [2.75, 3.05) is 17.3 Å². The van der Waals surface area contributed by atoms with Crippen molar-refractivity contribution in [2.24, 2.45) is 0 Å². The van der Waals surface area contributed by atoms with E-state index in [1.54, 1.807) is 5.41 Å². The SMILES string of the molecule is Cc1ccccc1Nc1nc2c(c(N(C)c3ccccc3)n1)C[S+]([O-])C=C2. The van der Waals surface area contributed by atoms with E-state index in [-0.39, 0.29) is 0 Å². The van der Waals surface area contributed by atoms with Crippen LogP contribution in [0.1, 0.15) is 16.8 Å². The Morgan fingerprint density at radius 3 is 2.56 bits per heavy atom. The van der Waals surface area contributed by atoms with E-state index in [0.717, 1.165) is 34.0 Å². The number of para-hydroxylation sites is 2. The van der Waals surface area contributed by atoms with Crippen LogP contribution in [0.5, 0.6) is 0 Å². The number of nitrogens with zero attached hydrogens (tertiary/aromatic N) is 3. The Morgan fingerprint density at radius 1 is 1.04 bits per heavy atom. The molecule has 4 rings (SSSR count). The van der Waals surface area contributed by atoms with Crippen molar-refractivity contribution in [1.29, 1.82) is 0 Å². The number of hydrogen-bond acceptors (Lipinski definition) is 5. The zero-order valence-electron chi connectivity index (χ0n) is 15.2. The van der Waals surface area contributed by atoms with E-state index >= 15 is 0 Å². The molecule has 0 fully saturated rings. The molecule has 1 N–H and O–H groups in total. The normalized spacial score (nSPS) is 15.3. The van der Waals surface area contributed by atoms with Gasteiger partial charge in [0.1, 0.15) is 17.0 Å². The highest BCUT2D eigenvalue weighted by Gasteiger charge is 2.24. The van der Waals surface area contributed by atoms with Gasteiger partial charge in [-0.2, -0.15) is 4.98 Å². The third-order valence-electron chi connectivity index (χ3n) is 4.53.